The smallest absolute Gasteiger partial charge is 0.133 e. The second-order valence-electron chi connectivity index (χ2n) is 5.74. The average Bonchev–Trinajstić information content (AvgIpc) is 2.63. The Hall–Kier alpha value is -2.65. The van der Waals surface area contributed by atoms with Gasteiger partial charge in [-0.3, -0.25) is 0 Å². The minimum atomic E-state index is -0.196. The number of nitrogens with two attached hydrogens (primary N) is 1. The summed E-state index contributed by atoms with van der Waals surface area (Å²) in [6, 6.07) is 21.0. The van der Waals surface area contributed by atoms with Crippen molar-refractivity contribution in [2.75, 3.05) is 0 Å². The van der Waals surface area contributed by atoms with E-state index in [0.29, 0.717) is 24.3 Å². The molecule has 0 amide bonds. The van der Waals surface area contributed by atoms with E-state index >= 15 is 0 Å². The van der Waals surface area contributed by atoms with Crippen LogP contribution in [-0.4, -0.2) is 0 Å². The Morgan fingerprint density at radius 2 is 1.75 bits per heavy atom. The first-order valence-electron chi connectivity index (χ1n) is 7.94. The van der Waals surface area contributed by atoms with Gasteiger partial charge >= 0.3 is 0 Å². The largest absolute Gasteiger partial charge is 0.489 e. The number of hydrogen-bond donors (Lipinski definition) is 1. The molecule has 0 unspecified atom stereocenters. The van der Waals surface area contributed by atoms with Gasteiger partial charge in [0.25, 0.3) is 0 Å². The molecule has 0 aromatic heterocycles. The van der Waals surface area contributed by atoms with Gasteiger partial charge in [0.15, 0.2) is 0 Å². The molecule has 0 aliphatic rings. The summed E-state index contributed by atoms with van der Waals surface area (Å²) in [6.45, 7) is 2.58. The van der Waals surface area contributed by atoms with Crippen molar-refractivity contribution in [3.63, 3.8) is 0 Å². The number of rotatable bonds is 5. The average molecular weight is 321 g/mol. The van der Waals surface area contributed by atoms with Gasteiger partial charge in [0.05, 0.1) is 0 Å². The molecule has 3 heteroatoms. The van der Waals surface area contributed by atoms with E-state index in [1.54, 1.807) is 19.1 Å². The van der Waals surface area contributed by atoms with Gasteiger partial charge in [0.1, 0.15) is 18.2 Å². The highest BCUT2D eigenvalue weighted by atomic mass is 19.1. The van der Waals surface area contributed by atoms with Crippen molar-refractivity contribution in [2.24, 2.45) is 5.73 Å². The monoisotopic (exact) mass is 321 g/mol. The number of halogens is 1. The molecule has 2 N–H and O–H groups in total. The second kappa shape index (κ2) is 7.28. The summed E-state index contributed by atoms with van der Waals surface area (Å²) in [7, 11) is 0. The van der Waals surface area contributed by atoms with Gasteiger partial charge in [-0.25, -0.2) is 4.39 Å². The summed E-state index contributed by atoms with van der Waals surface area (Å²) in [6.07, 6.45) is 0. The lowest BCUT2D eigenvalue weighted by Gasteiger charge is -2.13. The third-order valence-corrected chi connectivity index (χ3v) is 4.02. The molecule has 0 radical (unpaired) electrons. The molecule has 0 fully saturated rings. The Labute approximate surface area is 141 Å². The fourth-order valence-electron chi connectivity index (χ4n) is 2.65. The summed E-state index contributed by atoms with van der Waals surface area (Å²) < 4.78 is 20.2. The lowest BCUT2D eigenvalue weighted by molar-refractivity contribution is 0.303. The van der Waals surface area contributed by atoms with E-state index in [0.717, 1.165) is 22.4 Å². The molecule has 0 spiro atoms. The molecular formula is C21H20FNO. The first kappa shape index (κ1) is 16.2. The molecule has 0 bridgehead atoms. The van der Waals surface area contributed by atoms with E-state index in [9.17, 15) is 4.39 Å². The Kier molecular flexibility index (Phi) is 4.92. The molecule has 0 saturated heterocycles. The van der Waals surface area contributed by atoms with E-state index < -0.39 is 0 Å². The minimum absolute atomic E-state index is 0.196. The van der Waals surface area contributed by atoms with Gasteiger partial charge in [-0.05, 0) is 35.7 Å². The molecule has 3 aromatic rings. The van der Waals surface area contributed by atoms with Crippen molar-refractivity contribution >= 4 is 0 Å². The number of benzene rings is 3. The third kappa shape index (κ3) is 3.47. The summed E-state index contributed by atoms with van der Waals surface area (Å²) in [4.78, 5) is 0. The van der Waals surface area contributed by atoms with Crippen molar-refractivity contribution in [3.8, 4) is 16.9 Å². The predicted octanol–water partition coefficient (Wildman–Crippen LogP) is 4.84. The number of hydrogen-bond acceptors (Lipinski definition) is 2. The van der Waals surface area contributed by atoms with Gasteiger partial charge in [-0.2, -0.15) is 0 Å². The zero-order chi connectivity index (χ0) is 16.9. The van der Waals surface area contributed by atoms with Crippen LogP contribution in [0.25, 0.3) is 11.1 Å². The van der Waals surface area contributed by atoms with Gasteiger partial charge < -0.3 is 10.5 Å². The van der Waals surface area contributed by atoms with E-state index in [1.807, 2.05) is 54.6 Å². The predicted molar refractivity (Wildman–Crippen MR) is 95.2 cm³/mol. The first-order chi connectivity index (χ1) is 11.7. The summed E-state index contributed by atoms with van der Waals surface area (Å²) in [5, 5.41) is 0. The lowest BCUT2D eigenvalue weighted by Crippen LogP contribution is -2.03. The van der Waals surface area contributed by atoms with Gasteiger partial charge in [0, 0.05) is 17.7 Å². The van der Waals surface area contributed by atoms with Crippen LogP contribution in [0.3, 0.4) is 0 Å². The highest BCUT2D eigenvalue weighted by Crippen LogP contribution is 2.29. The van der Waals surface area contributed by atoms with Crippen molar-refractivity contribution in [2.45, 2.75) is 20.1 Å². The summed E-state index contributed by atoms with van der Waals surface area (Å²) >= 11 is 0. The lowest BCUT2D eigenvalue weighted by atomic mass is 10.00. The van der Waals surface area contributed by atoms with Crippen molar-refractivity contribution in [3.05, 3.63) is 89.2 Å². The SMILES string of the molecule is Cc1cccc(-c2ccc(OCc3ccccc3)c(CN)c2)c1F. The molecule has 0 heterocycles. The normalized spacial score (nSPS) is 10.6. The van der Waals surface area contributed by atoms with Crippen LogP contribution in [-0.2, 0) is 13.2 Å². The van der Waals surface area contributed by atoms with Crippen LogP contribution in [0.5, 0.6) is 5.75 Å². The van der Waals surface area contributed by atoms with Gasteiger partial charge in [-0.1, -0.05) is 54.6 Å². The van der Waals surface area contributed by atoms with E-state index in [1.165, 1.54) is 0 Å². The molecule has 0 aliphatic carbocycles. The molecule has 3 aromatic carbocycles. The van der Waals surface area contributed by atoms with Crippen molar-refractivity contribution < 1.29 is 9.13 Å². The molecule has 122 valence electrons. The number of aryl methyl sites for hydroxylation is 1. The van der Waals surface area contributed by atoms with E-state index in [-0.39, 0.29) is 5.82 Å². The Bertz CT molecular complexity index is 830. The molecule has 0 atom stereocenters. The second-order valence-corrected chi connectivity index (χ2v) is 5.74. The first-order valence-corrected chi connectivity index (χ1v) is 7.94. The van der Waals surface area contributed by atoms with Crippen LogP contribution in [0.1, 0.15) is 16.7 Å². The zero-order valence-corrected chi connectivity index (χ0v) is 13.6. The van der Waals surface area contributed by atoms with Crippen LogP contribution >= 0.6 is 0 Å². The molecule has 24 heavy (non-hydrogen) atoms. The molecule has 2 nitrogen and oxygen atoms in total. The Balaban J connectivity index is 1.87. The van der Waals surface area contributed by atoms with Crippen LogP contribution in [0.15, 0.2) is 66.7 Å². The Morgan fingerprint density at radius 1 is 0.958 bits per heavy atom. The topological polar surface area (TPSA) is 35.2 Å². The third-order valence-electron chi connectivity index (χ3n) is 4.02. The van der Waals surface area contributed by atoms with Crippen LogP contribution in [0, 0.1) is 12.7 Å². The van der Waals surface area contributed by atoms with E-state index in [2.05, 4.69) is 0 Å². The molecule has 3 rings (SSSR count). The zero-order valence-electron chi connectivity index (χ0n) is 13.6. The van der Waals surface area contributed by atoms with Crippen LogP contribution in [0.2, 0.25) is 0 Å². The maximum Gasteiger partial charge on any atom is 0.133 e. The molecular weight excluding hydrogens is 301 g/mol. The van der Waals surface area contributed by atoms with Gasteiger partial charge in [-0.15, -0.1) is 0 Å². The van der Waals surface area contributed by atoms with Gasteiger partial charge in [0.2, 0.25) is 0 Å². The molecule has 0 saturated carbocycles. The van der Waals surface area contributed by atoms with Crippen LogP contribution < -0.4 is 10.5 Å². The fraction of sp³-hybridized carbons (Fsp3) is 0.143. The number of ether oxygens (including phenoxy) is 1. The van der Waals surface area contributed by atoms with E-state index in [4.69, 9.17) is 10.5 Å². The quantitative estimate of drug-likeness (QED) is 0.730. The minimum Gasteiger partial charge on any atom is -0.489 e. The summed E-state index contributed by atoms with van der Waals surface area (Å²) in [5.74, 6) is 0.539. The van der Waals surface area contributed by atoms with Crippen LogP contribution in [0.4, 0.5) is 4.39 Å². The standard InChI is InChI=1S/C21H20FNO/c1-15-6-5-9-19(21(15)22)17-10-11-20(18(12-17)13-23)24-14-16-7-3-2-4-8-16/h2-12H,13-14,23H2,1H3. The maximum atomic E-state index is 14.3. The van der Waals surface area contributed by atoms with Crippen molar-refractivity contribution in [1.29, 1.82) is 0 Å². The van der Waals surface area contributed by atoms with Crippen molar-refractivity contribution in [1.82, 2.24) is 0 Å². The fourth-order valence-corrected chi connectivity index (χ4v) is 2.65. The molecule has 0 aliphatic heterocycles. The highest BCUT2D eigenvalue weighted by molar-refractivity contribution is 5.67. The highest BCUT2D eigenvalue weighted by Gasteiger charge is 2.10. The Morgan fingerprint density at radius 3 is 2.50 bits per heavy atom. The summed E-state index contributed by atoms with van der Waals surface area (Å²) in [5.41, 5.74) is 9.84. The maximum absolute atomic E-state index is 14.3.